The number of allylic oxidation sites excluding steroid dienone is 1. The van der Waals surface area contributed by atoms with Crippen LogP contribution in [-0.4, -0.2) is 33.6 Å². The average Bonchev–Trinajstić information content (AvgIpc) is 3.25. The van der Waals surface area contributed by atoms with Gasteiger partial charge in [0.1, 0.15) is 18.4 Å². The van der Waals surface area contributed by atoms with Gasteiger partial charge in [-0.1, -0.05) is 70.8 Å². The second-order valence-electron chi connectivity index (χ2n) is 7.98. The first-order valence-electron chi connectivity index (χ1n) is 11.2. The molecule has 0 saturated heterocycles. The Morgan fingerprint density at radius 2 is 2.09 bits per heavy atom. The van der Waals surface area contributed by atoms with Crippen LogP contribution in [0, 0.1) is 0 Å². The number of hydrogen-bond donors (Lipinski definition) is 1. The van der Waals surface area contributed by atoms with Crippen LogP contribution in [0.1, 0.15) is 43.9 Å². The Morgan fingerprint density at radius 3 is 2.83 bits per heavy atom. The van der Waals surface area contributed by atoms with E-state index in [9.17, 15) is 4.79 Å². The lowest BCUT2D eigenvalue weighted by atomic mass is 9.95. The molecule has 7 nitrogen and oxygen atoms in total. The molecule has 1 aliphatic rings. The molecule has 0 bridgehead atoms. The summed E-state index contributed by atoms with van der Waals surface area (Å²) >= 11 is 11.5. The molecular formula is C25H26BrClN4O3S. The quantitative estimate of drug-likeness (QED) is 0.174. The third kappa shape index (κ3) is 5.68. The normalized spacial score (nSPS) is 14.9. The molecule has 35 heavy (non-hydrogen) atoms. The third-order valence-electron chi connectivity index (χ3n) is 5.57. The molecule has 10 heteroatoms. The van der Waals surface area contributed by atoms with E-state index in [0.717, 1.165) is 34.2 Å². The van der Waals surface area contributed by atoms with Gasteiger partial charge in [0.25, 0.3) is 0 Å². The maximum atomic E-state index is 13.0. The van der Waals surface area contributed by atoms with Crippen molar-refractivity contribution in [2.45, 2.75) is 44.5 Å². The van der Waals surface area contributed by atoms with Crippen LogP contribution in [0.5, 0.6) is 5.75 Å². The molecule has 1 unspecified atom stereocenters. The highest BCUT2D eigenvalue weighted by Crippen LogP contribution is 2.41. The van der Waals surface area contributed by atoms with E-state index in [2.05, 4.69) is 33.2 Å². The van der Waals surface area contributed by atoms with Crippen molar-refractivity contribution in [2.24, 2.45) is 0 Å². The van der Waals surface area contributed by atoms with Crippen molar-refractivity contribution < 1.29 is 14.3 Å². The smallest absolute Gasteiger partial charge is 0.338 e. The van der Waals surface area contributed by atoms with Crippen LogP contribution in [0.2, 0.25) is 5.02 Å². The zero-order valence-electron chi connectivity index (χ0n) is 19.7. The van der Waals surface area contributed by atoms with Crippen LogP contribution in [0.4, 0.5) is 5.95 Å². The van der Waals surface area contributed by atoms with Crippen molar-refractivity contribution in [3.8, 4) is 5.75 Å². The maximum absolute atomic E-state index is 13.0. The van der Waals surface area contributed by atoms with Crippen molar-refractivity contribution >= 4 is 51.2 Å². The molecule has 0 amide bonds. The minimum atomic E-state index is -0.592. The number of ether oxygens (including phenoxy) is 2. The van der Waals surface area contributed by atoms with Crippen LogP contribution in [0.3, 0.4) is 0 Å². The fourth-order valence-electron chi connectivity index (χ4n) is 3.80. The van der Waals surface area contributed by atoms with Gasteiger partial charge < -0.3 is 14.8 Å². The number of hydrogen-bond acceptors (Lipinski definition) is 7. The summed E-state index contributed by atoms with van der Waals surface area (Å²) in [5.41, 5.74) is 2.72. The molecule has 0 fully saturated rings. The number of rotatable bonds is 9. The van der Waals surface area contributed by atoms with Crippen LogP contribution >= 0.6 is 39.3 Å². The van der Waals surface area contributed by atoms with E-state index < -0.39 is 12.0 Å². The van der Waals surface area contributed by atoms with Crippen molar-refractivity contribution in [1.82, 2.24) is 14.8 Å². The lowest BCUT2D eigenvalue weighted by molar-refractivity contribution is -0.136. The number of esters is 1. The molecule has 184 valence electrons. The number of carbonyl (C=O) groups is 1. The second kappa shape index (κ2) is 11.5. The molecule has 2 heterocycles. The Bertz CT molecular complexity index is 1260. The summed E-state index contributed by atoms with van der Waals surface area (Å²) in [7, 11) is 1.37. The number of aromatic nitrogens is 3. The van der Waals surface area contributed by atoms with Gasteiger partial charge >= 0.3 is 5.97 Å². The summed E-state index contributed by atoms with van der Waals surface area (Å²) in [4.78, 5) is 17.6. The largest absolute Gasteiger partial charge is 0.488 e. The van der Waals surface area contributed by atoms with E-state index in [0.29, 0.717) is 33.1 Å². The van der Waals surface area contributed by atoms with Gasteiger partial charge in [-0.3, -0.25) is 0 Å². The first-order valence-corrected chi connectivity index (χ1v) is 13.4. The highest BCUT2D eigenvalue weighted by molar-refractivity contribution is 9.10. The highest BCUT2D eigenvalue weighted by Gasteiger charge is 2.36. The molecule has 3 aromatic rings. The first-order chi connectivity index (χ1) is 16.9. The molecule has 1 atom stereocenters. The second-order valence-corrected chi connectivity index (χ2v) is 10.4. The van der Waals surface area contributed by atoms with E-state index in [4.69, 9.17) is 26.2 Å². The number of nitrogens with zero attached hydrogens (tertiary/aromatic N) is 3. The molecule has 1 aromatic heterocycles. The summed E-state index contributed by atoms with van der Waals surface area (Å²) in [6, 6.07) is 12.7. The van der Waals surface area contributed by atoms with Crippen LogP contribution in [-0.2, 0) is 16.1 Å². The molecule has 4 rings (SSSR count). The lowest BCUT2D eigenvalue weighted by Gasteiger charge is -2.29. The number of benzene rings is 2. The Labute approximate surface area is 222 Å². The van der Waals surface area contributed by atoms with Gasteiger partial charge in [0.05, 0.1) is 12.7 Å². The monoisotopic (exact) mass is 576 g/mol. The number of nitrogens with one attached hydrogen (secondary N) is 1. The molecule has 1 N–H and O–H groups in total. The predicted octanol–water partition coefficient (Wildman–Crippen LogP) is 6.63. The number of unbranched alkanes of at least 4 members (excludes halogenated alkanes) is 1. The summed E-state index contributed by atoms with van der Waals surface area (Å²) in [6.07, 6.45) is 2.17. The van der Waals surface area contributed by atoms with Gasteiger partial charge in [-0.05, 0) is 37.6 Å². The van der Waals surface area contributed by atoms with Gasteiger partial charge in [0.15, 0.2) is 0 Å². The fraction of sp³-hybridized carbons (Fsp3) is 0.320. The topological polar surface area (TPSA) is 78.3 Å². The average molecular weight is 578 g/mol. The molecule has 1 aliphatic heterocycles. The Morgan fingerprint density at radius 1 is 1.29 bits per heavy atom. The van der Waals surface area contributed by atoms with E-state index in [1.165, 1.54) is 7.11 Å². The van der Waals surface area contributed by atoms with Crippen molar-refractivity contribution in [2.75, 3.05) is 18.2 Å². The van der Waals surface area contributed by atoms with Gasteiger partial charge in [-0.2, -0.15) is 4.98 Å². The van der Waals surface area contributed by atoms with Gasteiger partial charge in [-0.15, -0.1) is 5.10 Å². The van der Waals surface area contributed by atoms with E-state index in [1.807, 2.05) is 49.4 Å². The maximum Gasteiger partial charge on any atom is 0.338 e. The molecule has 0 spiro atoms. The zero-order valence-corrected chi connectivity index (χ0v) is 22.8. The van der Waals surface area contributed by atoms with Crippen molar-refractivity contribution in [3.05, 3.63) is 74.4 Å². The summed E-state index contributed by atoms with van der Waals surface area (Å²) in [5.74, 6) is 1.65. The van der Waals surface area contributed by atoms with Crippen molar-refractivity contribution in [3.63, 3.8) is 0 Å². The molecular weight excluding hydrogens is 552 g/mol. The summed E-state index contributed by atoms with van der Waals surface area (Å²) < 4.78 is 14.0. The molecule has 2 aromatic carbocycles. The summed E-state index contributed by atoms with van der Waals surface area (Å²) in [6.45, 7) is 4.26. The van der Waals surface area contributed by atoms with Crippen LogP contribution in [0.15, 0.2) is 63.4 Å². The Balaban J connectivity index is 1.77. The Hall–Kier alpha value is -2.49. The molecule has 0 saturated carbocycles. The predicted molar refractivity (Wildman–Crippen MR) is 142 cm³/mol. The zero-order chi connectivity index (χ0) is 24.9. The first kappa shape index (κ1) is 25.6. The van der Waals surface area contributed by atoms with Gasteiger partial charge in [0.2, 0.25) is 11.1 Å². The van der Waals surface area contributed by atoms with Crippen LogP contribution < -0.4 is 10.1 Å². The number of methoxy groups -OCH3 is 1. The lowest BCUT2D eigenvalue weighted by Crippen LogP contribution is -2.29. The number of carbonyl (C=O) groups excluding carboxylic acids is 1. The van der Waals surface area contributed by atoms with E-state index in [-0.39, 0.29) is 6.61 Å². The van der Waals surface area contributed by atoms with E-state index in [1.54, 1.807) is 16.4 Å². The van der Waals surface area contributed by atoms with Crippen molar-refractivity contribution in [1.29, 1.82) is 0 Å². The molecule has 0 aliphatic carbocycles. The van der Waals surface area contributed by atoms with Crippen LogP contribution in [0.25, 0.3) is 0 Å². The highest BCUT2D eigenvalue weighted by atomic mass is 79.9. The number of anilines is 1. The summed E-state index contributed by atoms with van der Waals surface area (Å²) in [5, 5.41) is 9.26. The molecule has 0 radical (unpaired) electrons. The number of fused-ring (bicyclic) bond motifs is 1. The minimum Gasteiger partial charge on any atom is -0.488 e. The number of thioether (sulfide) groups is 1. The van der Waals surface area contributed by atoms with Gasteiger partial charge in [-0.25, -0.2) is 9.48 Å². The standard InChI is InChI=1S/C25H26BrClN4O3S/c1-4-5-12-35-25-29-24-28-15(2)21(23(32)33-3)22(31(24)30-25)18-13-17(26)10-11-20(18)34-14-16-8-6-7-9-19(16)27/h6-11,13,22H,4-5,12,14H2,1-3H3,(H,28,29,30). The third-order valence-corrected chi connectivity index (χ3v) is 7.36. The minimum absolute atomic E-state index is 0.276. The van der Waals surface area contributed by atoms with E-state index >= 15 is 0 Å². The van der Waals surface area contributed by atoms with Gasteiger partial charge in [0, 0.05) is 32.1 Å². The Kier molecular flexibility index (Phi) is 8.41. The number of halogens is 2. The SMILES string of the molecule is CCCCSc1nc2n(n1)C(c1cc(Br)ccc1OCc1ccccc1Cl)C(C(=O)OC)=C(C)N2. The fourth-order valence-corrected chi connectivity index (χ4v) is 5.28.